The summed E-state index contributed by atoms with van der Waals surface area (Å²) in [7, 11) is 0. The van der Waals surface area contributed by atoms with Gasteiger partial charge >= 0.3 is 5.79 Å². The van der Waals surface area contributed by atoms with Gasteiger partial charge in [0.15, 0.2) is 0 Å². The Morgan fingerprint density at radius 3 is 2.69 bits per heavy atom. The molecule has 70 valence electrons. The second-order valence-corrected chi connectivity index (χ2v) is 2.97. The first kappa shape index (κ1) is 8.44. The second-order valence-electron chi connectivity index (χ2n) is 2.71. The van der Waals surface area contributed by atoms with Crippen LogP contribution in [-0.4, -0.2) is 4.98 Å². The summed E-state index contributed by atoms with van der Waals surface area (Å²) in [6, 6.07) is 0. The lowest BCUT2D eigenvalue weighted by Crippen LogP contribution is -2.21. The lowest BCUT2D eigenvalue weighted by molar-refractivity contribution is -0.147. The van der Waals surface area contributed by atoms with E-state index in [1.165, 1.54) is 12.5 Å². The highest BCUT2D eigenvalue weighted by Gasteiger charge is 2.36. The van der Waals surface area contributed by atoms with Crippen molar-refractivity contribution in [2.45, 2.75) is 18.6 Å². The van der Waals surface area contributed by atoms with Crippen LogP contribution in [0, 0.1) is 0 Å². The van der Waals surface area contributed by atoms with Gasteiger partial charge in [-0.1, -0.05) is 0 Å². The van der Waals surface area contributed by atoms with Crippen molar-refractivity contribution in [3.63, 3.8) is 0 Å². The quantitative estimate of drug-likeness (QED) is 0.688. The van der Waals surface area contributed by atoms with Gasteiger partial charge < -0.3 is 13.9 Å². The van der Waals surface area contributed by atoms with Crippen LogP contribution in [0.2, 0.25) is 0 Å². The highest BCUT2D eigenvalue weighted by molar-refractivity contribution is 6.16. The summed E-state index contributed by atoms with van der Waals surface area (Å²) >= 11 is 5.54. The summed E-state index contributed by atoms with van der Waals surface area (Å²) in [5.74, 6) is 0.311. The molecule has 0 unspecified atom stereocenters. The molecule has 1 aromatic heterocycles. The van der Waals surface area contributed by atoms with Gasteiger partial charge in [0.25, 0.3) is 0 Å². The SMILES string of the molecule is CC1(c2cnc(CCl)o2)OC=CO1. The van der Waals surface area contributed by atoms with Crippen LogP contribution in [0.3, 0.4) is 0 Å². The zero-order chi connectivity index (χ0) is 9.31. The third-order valence-corrected chi connectivity index (χ3v) is 1.99. The van der Waals surface area contributed by atoms with E-state index in [2.05, 4.69) is 4.98 Å². The molecule has 0 amide bonds. The van der Waals surface area contributed by atoms with E-state index in [4.69, 9.17) is 25.5 Å². The van der Waals surface area contributed by atoms with Crippen molar-refractivity contribution in [2.75, 3.05) is 0 Å². The van der Waals surface area contributed by atoms with Crippen molar-refractivity contribution in [1.82, 2.24) is 4.98 Å². The van der Waals surface area contributed by atoms with E-state index in [1.807, 2.05) is 0 Å². The van der Waals surface area contributed by atoms with Gasteiger partial charge in [-0.05, 0) is 0 Å². The minimum Gasteiger partial charge on any atom is -0.450 e. The summed E-state index contributed by atoms with van der Waals surface area (Å²) in [5.41, 5.74) is 0. The van der Waals surface area contributed by atoms with Crippen LogP contribution in [0.1, 0.15) is 18.6 Å². The molecule has 1 aliphatic heterocycles. The van der Waals surface area contributed by atoms with E-state index in [0.29, 0.717) is 11.7 Å². The zero-order valence-electron chi connectivity index (χ0n) is 6.99. The van der Waals surface area contributed by atoms with E-state index < -0.39 is 5.79 Å². The third kappa shape index (κ3) is 1.37. The van der Waals surface area contributed by atoms with Crippen molar-refractivity contribution in [3.8, 4) is 0 Å². The monoisotopic (exact) mass is 201 g/mol. The standard InChI is InChI=1S/C8H8ClNO3/c1-8(11-2-3-12-8)6-5-10-7(4-9)13-6/h2-3,5H,4H2,1H3. The number of rotatable bonds is 2. The molecule has 0 atom stereocenters. The average Bonchev–Trinajstić information content (AvgIpc) is 2.72. The number of ether oxygens (including phenoxy) is 2. The van der Waals surface area contributed by atoms with E-state index >= 15 is 0 Å². The zero-order valence-corrected chi connectivity index (χ0v) is 7.75. The number of oxazole rings is 1. The smallest absolute Gasteiger partial charge is 0.308 e. The van der Waals surface area contributed by atoms with Gasteiger partial charge in [-0.2, -0.15) is 0 Å². The summed E-state index contributed by atoms with van der Waals surface area (Å²) in [5, 5.41) is 0. The van der Waals surface area contributed by atoms with E-state index in [0.717, 1.165) is 0 Å². The Morgan fingerprint density at radius 2 is 2.15 bits per heavy atom. The largest absolute Gasteiger partial charge is 0.450 e. The van der Waals surface area contributed by atoms with Gasteiger partial charge in [-0.3, -0.25) is 0 Å². The Kier molecular flexibility index (Phi) is 1.92. The Bertz CT molecular complexity index is 326. The number of hydrogen-bond donors (Lipinski definition) is 0. The Balaban J connectivity index is 2.24. The molecule has 1 aliphatic rings. The maximum atomic E-state index is 5.54. The molecule has 0 saturated heterocycles. The van der Waals surface area contributed by atoms with Crippen molar-refractivity contribution in [1.29, 1.82) is 0 Å². The average molecular weight is 202 g/mol. The summed E-state index contributed by atoms with van der Waals surface area (Å²) in [6.45, 7) is 1.74. The van der Waals surface area contributed by atoms with E-state index in [9.17, 15) is 0 Å². The van der Waals surface area contributed by atoms with Crippen LogP contribution >= 0.6 is 11.6 Å². The molecule has 0 radical (unpaired) electrons. The molecule has 1 aromatic rings. The molecular formula is C8H8ClNO3. The Morgan fingerprint density at radius 1 is 1.46 bits per heavy atom. The normalized spacial score (nSPS) is 18.3. The maximum absolute atomic E-state index is 5.54. The van der Waals surface area contributed by atoms with E-state index in [-0.39, 0.29) is 5.88 Å². The van der Waals surface area contributed by atoms with Crippen LogP contribution in [0.5, 0.6) is 0 Å². The van der Waals surface area contributed by atoms with Gasteiger partial charge in [-0.15, -0.1) is 11.6 Å². The fourth-order valence-corrected chi connectivity index (χ4v) is 1.16. The molecular weight excluding hydrogens is 194 g/mol. The third-order valence-electron chi connectivity index (χ3n) is 1.76. The summed E-state index contributed by atoms with van der Waals surface area (Å²) in [6.07, 6.45) is 4.47. The molecule has 0 spiro atoms. The number of nitrogens with zero attached hydrogens (tertiary/aromatic N) is 1. The molecule has 2 heterocycles. The first-order valence-electron chi connectivity index (χ1n) is 3.76. The lowest BCUT2D eigenvalue weighted by atomic mass is 10.3. The molecule has 0 aromatic carbocycles. The Hall–Kier alpha value is -1.16. The van der Waals surface area contributed by atoms with Gasteiger partial charge in [0.1, 0.15) is 12.5 Å². The molecule has 13 heavy (non-hydrogen) atoms. The topological polar surface area (TPSA) is 44.5 Å². The van der Waals surface area contributed by atoms with Gasteiger partial charge in [0.05, 0.1) is 12.1 Å². The lowest BCUT2D eigenvalue weighted by Gasteiger charge is -2.19. The molecule has 0 N–H and O–H groups in total. The molecule has 2 rings (SSSR count). The van der Waals surface area contributed by atoms with Gasteiger partial charge in [-0.25, -0.2) is 4.98 Å². The van der Waals surface area contributed by atoms with Crippen molar-refractivity contribution < 1.29 is 13.9 Å². The minimum absolute atomic E-state index is 0.240. The minimum atomic E-state index is -0.892. The van der Waals surface area contributed by atoms with Crippen molar-refractivity contribution >= 4 is 11.6 Å². The fourth-order valence-electron chi connectivity index (χ4n) is 1.04. The molecule has 0 saturated carbocycles. The van der Waals surface area contributed by atoms with Crippen molar-refractivity contribution in [3.05, 3.63) is 30.4 Å². The molecule has 0 aliphatic carbocycles. The van der Waals surface area contributed by atoms with E-state index in [1.54, 1.807) is 13.1 Å². The fraction of sp³-hybridized carbons (Fsp3) is 0.375. The van der Waals surface area contributed by atoms with Crippen LogP contribution in [0.4, 0.5) is 0 Å². The van der Waals surface area contributed by atoms with Crippen molar-refractivity contribution in [2.24, 2.45) is 0 Å². The van der Waals surface area contributed by atoms with Crippen LogP contribution in [0.15, 0.2) is 23.1 Å². The highest BCUT2D eigenvalue weighted by Crippen LogP contribution is 2.31. The number of hydrogen-bond acceptors (Lipinski definition) is 4. The highest BCUT2D eigenvalue weighted by atomic mass is 35.5. The van der Waals surface area contributed by atoms with Crippen LogP contribution in [0.25, 0.3) is 0 Å². The summed E-state index contributed by atoms with van der Waals surface area (Å²) < 4.78 is 15.7. The van der Waals surface area contributed by atoms with Gasteiger partial charge in [0.2, 0.25) is 11.7 Å². The van der Waals surface area contributed by atoms with Gasteiger partial charge in [0, 0.05) is 6.92 Å². The molecule has 0 fully saturated rings. The second kappa shape index (κ2) is 2.96. The Labute approximate surface area is 80.1 Å². The molecule has 5 heteroatoms. The number of halogens is 1. The van der Waals surface area contributed by atoms with Crippen LogP contribution in [-0.2, 0) is 21.1 Å². The summed E-state index contributed by atoms with van der Waals surface area (Å²) in [4.78, 5) is 3.94. The first-order chi connectivity index (χ1) is 6.24. The first-order valence-corrected chi connectivity index (χ1v) is 4.30. The predicted molar refractivity (Wildman–Crippen MR) is 44.7 cm³/mol. The number of aromatic nitrogens is 1. The van der Waals surface area contributed by atoms with Crippen LogP contribution < -0.4 is 0 Å². The molecule has 4 nitrogen and oxygen atoms in total. The maximum Gasteiger partial charge on any atom is 0.308 e. The number of alkyl halides is 1. The predicted octanol–water partition coefficient (Wildman–Crippen LogP) is 2.10. The molecule has 0 bridgehead atoms.